The van der Waals surface area contributed by atoms with E-state index in [4.69, 9.17) is 0 Å². The van der Waals surface area contributed by atoms with Crippen molar-refractivity contribution in [2.45, 2.75) is 137 Å². The molecule has 0 rings (SSSR count). The van der Waals surface area contributed by atoms with Gasteiger partial charge in [-0.15, -0.1) is 0 Å². The van der Waals surface area contributed by atoms with Crippen LogP contribution in [0.4, 0.5) is 0 Å². The Morgan fingerprint density at radius 1 is 0.757 bits per heavy atom. The van der Waals surface area contributed by atoms with Gasteiger partial charge in [-0.2, -0.15) is 0 Å². The van der Waals surface area contributed by atoms with Crippen molar-refractivity contribution < 1.29 is 0 Å². The minimum atomic E-state index is 0.192. The van der Waals surface area contributed by atoms with Crippen molar-refractivity contribution in [2.75, 3.05) is 27.2 Å². The smallest absolute Gasteiger partial charge is 0.0393 e. The lowest BCUT2D eigenvalue weighted by atomic mass is 9.81. The van der Waals surface area contributed by atoms with Crippen molar-refractivity contribution in [1.82, 2.24) is 15.1 Å². The van der Waals surface area contributed by atoms with E-state index in [1.54, 1.807) is 0 Å². The fourth-order valence-electron chi connectivity index (χ4n) is 5.27. The molecule has 0 fully saturated rings. The van der Waals surface area contributed by atoms with Crippen LogP contribution in [0.2, 0.25) is 0 Å². The van der Waals surface area contributed by atoms with Gasteiger partial charge in [0.05, 0.1) is 0 Å². The van der Waals surface area contributed by atoms with Crippen LogP contribution in [0, 0.1) is 17.8 Å². The Morgan fingerprint density at radius 2 is 1.30 bits per heavy atom. The fourth-order valence-corrected chi connectivity index (χ4v) is 5.27. The van der Waals surface area contributed by atoms with Crippen LogP contribution in [0.25, 0.3) is 0 Å². The zero-order valence-electron chi connectivity index (χ0n) is 26.9. The Balaban J connectivity index is 4.81. The van der Waals surface area contributed by atoms with Crippen LogP contribution in [-0.4, -0.2) is 42.5 Å². The average molecular weight is 518 g/mol. The Bertz CT molecular complexity index is 633. The summed E-state index contributed by atoms with van der Waals surface area (Å²) in [5, 5.41) is 3.55. The van der Waals surface area contributed by atoms with Gasteiger partial charge in [0.2, 0.25) is 0 Å². The van der Waals surface area contributed by atoms with Crippen LogP contribution < -0.4 is 5.32 Å². The molecule has 0 saturated heterocycles. The first-order chi connectivity index (χ1) is 17.4. The van der Waals surface area contributed by atoms with Crippen molar-refractivity contribution in [3.8, 4) is 0 Å². The maximum absolute atomic E-state index is 4.48. The van der Waals surface area contributed by atoms with Crippen molar-refractivity contribution >= 4 is 0 Å². The van der Waals surface area contributed by atoms with Crippen molar-refractivity contribution in [3.05, 3.63) is 36.8 Å². The Labute approximate surface area is 234 Å². The lowest BCUT2D eigenvalue weighted by molar-refractivity contribution is 0.111. The summed E-state index contributed by atoms with van der Waals surface area (Å²) in [5.41, 5.74) is 3.97. The molecule has 0 bridgehead atoms. The minimum Gasteiger partial charge on any atom is -0.389 e. The van der Waals surface area contributed by atoms with E-state index in [1.807, 2.05) is 0 Å². The third-order valence-corrected chi connectivity index (χ3v) is 8.34. The molecule has 1 atom stereocenters. The molecule has 0 aromatic rings. The number of unbranched alkanes of at least 4 members (excludes halogenated alkanes) is 2. The van der Waals surface area contributed by atoms with Gasteiger partial charge in [-0.1, -0.05) is 81.0 Å². The number of hydrogen-bond donors (Lipinski definition) is 1. The molecule has 0 amide bonds. The van der Waals surface area contributed by atoms with Gasteiger partial charge in [0.15, 0.2) is 0 Å². The second-order valence-electron chi connectivity index (χ2n) is 12.8. The molecule has 0 aromatic heterocycles. The number of nitrogens with zero attached hydrogens (tertiary/aromatic N) is 2. The topological polar surface area (TPSA) is 18.5 Å². The van der Waals surface area contributed by atoms with E-state index in [9.17, 15) is 0 Å². The zero-order chi connectivity index (χ0) is 28.4. The second kappa shape index (κ2) is 19.7. The molecule has 0 aliphatic heterocycles. The quantitative estimate of drug-likeness (QED) is 0.129. The first kappa shape index (κ1) is 35.6. The largest absolute Gasteiger partial charge is 0.389 e. The van der Waals surface area contributed by atoms with E-state index in [2.05, 4.69) is 97.4 Å². The predicted molar refractivity (Wildman–Crippen MR) is 169 cm³/mol. The number of hydrogen-bond acceptors (Lipinski definition) is 3. The highest BCUT2D eigenvalue weighted by Crippen LogP contribution is 2.35. The maximum Gasteiger partial charge on any atom is 0.0393 e. The molecule has 3 heteroatoms. The Hall–Kier alpha value is -1.38. The Morgan fingerprint density at radius 3 is 1.81 bits per heavy atom. The lowest BCUT2D eigenvalue weighted by Gasteiger charge is -2.45. The molecule has 37 heavy (non-hydrogen) atoms. The zero-order valence-corrected chi connectivity index (χ0v) is 26.9. The monoisotopic (exact) mass is 518 g/mol. The van der Waals surface area contributed by atoms with Gasteiger partial charge < -0.3 is 15.1 Å². The summed E-state index contributed by atoms with van der Waals surface area (Å²) in [4.78, 5) is 4.93. The van der Waals surface area contributed by atoms with Crippen LogP contribution in [-0.2, 0) is 0 Å². The van der Waals surface area contributed by atoms with Gasteiger partial charge in [-0.3, -0.25) is 0 Å². The molecule has 0 spiro atoms. The summed E-state index contributed by atoms with van der Waals surface area (Å²) in [6.07, 6.45) is 15.8. The van der Waals surface area contributed by atoms with E-state index in [-0.39, 0.29) is 5.54 Å². The maximum atomic E-state index is 4.48. The third-order valence-electron chi connectivity index (χ3n) is 8.34. The van der Waals surface area contributed by atoms with Gasteiger partial charge in [0.1, 0.15) is 0 Å². The number of rotatable bonds is 24. The van der Waals surface area contributed by atoms with Gasteiger partial charge in [-0.05, 0) is 88.4 Å². The molecule has 0 aliphatic rings. The molecule has 218 valence electrons. The minimum absolute atomic E-state index is 0.192. The standard InChI is InChI=1S/C34H67N3/c1-13-34(37(12)33(10)30(6)7,24-16-14-22-31(8)35-26-18-20-28(2)3)25-17-15-23-32(9)36(11)27-19-21-29(4)5/h28-30,35H,8-10,13-27H2,1-7,11-12H3. The van der Waals surface area contributed by atoms with E-state index in [0.29, 0.717) is 5.92 Å². The molecule has 0 saturated carbocycles. The molecular formula is C34H67N3. The average Bonchev–Trinajstić information content (AvgIpc) is 2.84. The summed E-state index contributed by atoms with van der Waals surface area (Å²) >= 11 is 0. The fraction of sp³-hybridized carbons (Fsp3) is 0.824. The van der Waals surface area contributed by atoms with Crippen LogP contribution in [0.1, 0.15) is 132 Å². The molecule has 0 radical (unpaired) electrons. The summed E-state index contributed by atoms with van der Waals surface area (Å²) in [7, 11) is 4.51. The van der Waals surface area contributed by atoms with Crippen LogP contribution in [0.3, 0.4) is 0 Å². The normalized spacial score (nSPS) is 13.2. The van der Waals surface area contributed by atoms with Gasteiger partial charge in [0.25, 0.3) is 0 Å². The first-order valence-electron chi connectivity index (χ1n) is 15.6. The van der Waals surface area contributed by atoms with E-state index >= 15 is 0 Å². The van der Waals surface area contributed by atoms with Crippen molar-refractivity contribution in [1.29, 1.82) is 0 Å². The molecule has 1 N–H and O–H groups in total. The van der Waals surface area contributed by atoms with Gasteiger partial charge >= 0.3 is 0 Å². The van der Waals surface area contributed by atoms with Crippen molar-refractivity contribution in [3.63, 3.8) is 0 Å². The van der Waals surface area contributed by atoms with Crippen molar-refractivity contribution in [2.24, 2.45) is 17.8 Å². The van der Waals surface area contributed by atoms with Gasteiger partial charge in [-0.25, -0.2) is 0 Å². The first-order valence-corrected chi connectivity index (χ1v) is 15.6. The molecule has 0 heterocycles. The highest BCUT2D eigenvalue weighted by atomic mass is 15.2. The number of allylic oxidation sites excluding steroid dienone is 3. The molecule has 3 nitrogen and oxygen atoms in total. The van der Waals surface area contributed by atoms with E-state index in [1.165, 1.54) is 87.7 Å². The highest BCUT2D eigenvalue weighted by Gasteiger charge is 2.33. The molecular weight excluding hydrogens is 450 g/mol. The van der Waals surface area contributed by atoms with Crippen LogP contribution in [0.15, 0.2) is 36.8 Å². The van der Waals surface area contributed by atoms with Crippen LogP contribution >= 0.6 is 0 Å². The highest BCUT2D eigenvalue weighted by molar-refractivity contribution is 5.05. The van der Waals surface area contributed by atoms with E-state index in [0.717, 1.165) is 37.8 Å². The lowest BCUT2D eigenvalue weighted by Crippen LogP contribution is -2.46. The summed E-state index contributed by atoms with van der Waals surface area (Å²) in [6, 6.07) is 0. The van der Waals surface area contributed by atoms with Crippen LogP contribution in [0.5, 0.6) is 0 Å². The third kappa shape index (κ3) is 15.6. The molecule has 0 aliphatic carbocycles. The summed E-state index contributed by atoms with van der Waals surface area (Å²) in [6.45, 7) is 31.5. The summed E-state index contributed by atoms with van der Waals surface area (Å²) < 4.78 is 0. The van der Waals surface area contributed by atoms with Gasteiger partial charge in [0, 0.05) is 49.8 Å². The second-order valence-corrected chi connectivity index (χ2v) is 12.8. The number of nitrogens with one attached hydrogen (secondary N) is 1. The SMILES string of the molecule is C=C(CCCCC(CC)(CCCCC(=C)N(C)CCCC(C)C)N(C)C(=C)C(C)C)NCCCC(C)C. The molecule has 0 aromatic carbocycles. The Kier molecular flexibility index (Phi) is 18.9. The predicted octanol–water partition coefficient (Wildman–Crippen LogP) is 9.78. The molecule has 1 unspecified atom stereocenters. The van der Waals surface area contributed by atoms with E-state index < -0.39 is 0 Å². The summed E-state index contributed by atoms with van der Waals surface area (Å²) in [5.74, 6) is 2.04.